The Morgan fingerprint density at radius 2 is 1.83 bits per heavy atom. The summed E-state index contributed by atoms with van der Waals surface area (Å²) in [5.74, 6) is 0.492. The fraction of sp³-hybridized carbons (Fsp3) is 0.524. The van der Waals surface area contributed by atoms with Gasteiger partial charge in [-0.1, -0.05) is 42.1 Å². The van der Waals surface area contributed by atoms with Crippen LogP contribution in [-0.2, 0) is 16.0 Å². The van der Waals surface area contributed by atoms with E-state index in [-0.39, 0.29) is 22.8 Å². The molecule has 1 aromatic carbocycles. The lowest BCUT2D eigenvalue weighted by Crippen LogP contribution is -2.36. The highest BCUT2D eigenvalue weighted by Gasteiger charge is 2.25. The first-order valence-electron chi connectivity index (χ1n) is 9.99. The van der Waals surface area contributed by atoms with Gasteiger partial charge in [-0.25, -0.2) is 4.79 Å². The zero-order chi connectivity index (χ0) is 22.1. The second kappa shape index (κ2) is 11.0. The fourth-order valence-corrected chi connectivity index (χ4v) is 3.38. The molecule has 1 aromatic heterocycles. The number of amides is 2. The summed E-state index contributed by atoms with van der Waals surface area (Å²) in [6, 6.07) is 9.13. The van der Waals surface area contributed by atoms with Crippen molar-refractivity contribution < 1.29 is 18.7 Å². The highest BCUT2D eigenvalue weighted by molar-refractivity contribution is 7.99. The number of hydrogen-bond donors (Lipinski definition) is 1. The summed E-state index contributed by atoms with van der Waals surface area (Å²) in [4.78, 5) is 26.2. The monoisotopic (exact) mass is 434 g/mol. The van der Waals surface area contributed by atoms with Gasteiger partial charge in [0.25, 0.3) is 5.22 Å². The molecule has 0 radical (unpaired) electrons. The number of rotatable bonds is 9. The fourth-order valence-electron chi connectivity index (χ4n) is 2.71. The number of ether oxygens (including phenoxy) is 1. The molecule has 1 atom stereocenters. The van der Waals surface area contributed by atoms with Crippen molar-refractivity contribution in [1.29, 1.82) is 0 Å². The maximum absolute atomic E-state index is 12.3. The Morgan fingerprint density at radius 1 is 1.17 bits per heavy atom. The third-order valence-electron chi connectivity index (χ3n) is 4.13. The summed E-state index contributed by atoms with van der Waals surface area (Å²) >= 11 is 1.19. The Labute approximate surface area is 181 Å². The predicted octanol–water partition coefficient (Wildman–Crippen LogP) is 3.84. The summed E-state index contributed by atoms with van der Waals surface area (Å²) in [6.45, 7) is 10.6. The van der Waals surface area contributed by atoms with Gasteiger partial charge in [-0.05, 0) is 40.2 Å². The topological polar surface area (TPSA) is 97.6 Å². The van der Waals surface area contributed by atoms with E-state index in [1.54, 1.807) is 25.7 Å². The number of nitrogens with zero attached hydrogens (tertiary/aromatic N) is 3. The molecule has 0 spiro atoms. The molecule has 0 fully saturated rings. The first-order valence-corrected chi connectivity index (χ1v) is 11.0. The molecule has 9 heteroatoms. The van der Waals surface area contributed by atoms with Gasteiger partial charge in [0.2, 0.25) is 11.8 Å². The number of carbonyl (C=O) groups is 2. The van der Waals surface area contributed by atoms with Crippen LogP contribution in [-0.4, -0.2) is 51.5 Å². The molecule has 0 saturated carbocycles. The summed E-state index contributed by atoms with van der Waals surface area (Å²) < 4.78 is 11.1. The predicted molar refractivity (Wildman–Crippen MR) is 115 cm³/mol. The first-order chi connectivity index (χ1) is 14.2. The Morgan fingerprint density at radius 3 is 2.43 bits per heavy atom. The summed E-state index contributed by atoms with van der Waals surface area (Å²) in [5.41, 5.74) is 0.379. The minimum Gasteiger partial charge on any atom is -0.444 e. The van der Waals surface area contributed by atoms with Crippen molar-refractivity contribution in [3.63, 3.8) is 0 Å². The molecular formula is C21H30N4O4S. The van der Waals surface area contributed by atoms with Crippen LogP contribution in [0.2, 0.25) is 0 Å². The van der Waals surface area contributed by atoms with Crippen molar-refractivity contribution >= 4 is 23.8 Å². The van der Waals surface area contributed by atoms with Crippen LogP contribution in [0.3, 0.4) is 0 Å². The molecule has 2 aromatic rings. The SMILES string of the molecule is CCN(CC)C(=O)CSc1nnc(C(Cc2ccccc2)NC(=O)OC(C)(C)C)o1. The zero-order valence-corrected chi connectivity index (χ0v) is 19.0. The van der Waals surface area contributed by atoms with Gasteiger partial charge in [0.05, 0.1) is 5.75 Å². The van der Waals surface area contributed by atoms with Gasteiger partial charge in [-0.2, -0.15) is 0 Å². The van der Waals surface area contributed by atoms with E-state index >= 15 is 0 Å². The second-order valence-corrected chi connectivity index (χ2v) is 8.58. The van der Waals surface area contributed by atoms with Crippen LogP contribution in [0, 0.1) is 0 Å². The Bertz CT molecular complexity index is 816. The van der Waals surface area contributed by atoms with Gasteiger partial charge in [0.15, 0.2) is 0 Å². The first kappa shape index (κ1) is 23.7. The van der Waals surface area contributed by atoms with Crippen LogP contribution >= 0.6 is 11.8 Å². The molecule has 0 saturated heterocycles. The van der Waals surface area contributed by atoms with E-state index in [0.29, 0.717) is 19.5 Å². The Hall–Kier alpha value is -2.55. The number of carbonyl (C=O) groups excluding carboxylic acids is 2. The number of alkyl carbamates (subject to hydrolysis) is 1. The number of aromatic nitrogens is 2. The van der Waals surface area contributed by atoms with Gasteiger partial charge in [0.1, 0.15) is 11.6 Å². The van der Waals surface area contributed by atoms with E-state index in [1.165, 1.54) is 11.8 Å². The van der Waals surface area contributed by atoms with Crippen molar-refractivity contribution in [3.05, 3.63) is 41.8 Å². The number of nitrogens with one attached hydrogen (secondary N) is 1. The standard InChI is InChI=1S/C21H30N4O4S/c1-6-25(7-2)17(26)14-30-20-24-23-18(28-20)16(13-15-11-9-8-10-12-15)22-19(27)29-21(3,4)5/h8-12,16H,6-7,13-14H2,1-5H3,(H,22,27). The van der Waals surface area contributed by atoms with Crippen LogP contribution in [0.4, 0.5) is 4.79 Å². The number of hydrogen-bond acceptors (Lipinski definition) is 7. The molecule has 0 aliphatic carbocycles. The lowest BCUT2D eigenvalue weighted by Gasteiger charge is -2.22. The molecule has 0 aliphatic rings. The zero-order valence-electron chi connectivity index (χ0n) is 18.2. The maximum atomic E-state index is 12.3. The molecule has 8 nitrogen and oxygen atoms in total. The van der Waals surface area contributed by atoms with Gasteiger partial charge < -0.3 is 19.4 Å². The third-order valence-corrected chi connectivity index (χ3v) is 4.93. The molecule has 164 valence electrons. The maximum Gasteiger partial charge on any atom is 0.408 e. The van der Waals surface area contributed by atoms with Crippen LogP contribution < -0.4 is 5.32 Å². The van der Waals surface area contributed by atoms with Crippen molar-refractivity contribution in [3.8, 4) is 0 Å². The van der Waals surface area contributed by atoms with E-state index in [0.717, 1.165) is 5.56 Å². The average molecular weight is 435 g/mol. The van der Waals surface area contributed by atoms with E-state index in [2.05, 4.69) is 15.5 Å². The Balaban J connectivity index is 2.10. The molecule has 1 unspecified atom stereocenters. The highest BCUT2D eigenvalue weighted by Crippen LogP contribution is 2.23. The van der Waals surface area contributed by atoms with Crippen molar-refractivity contribution in [2.24, 2.45) is 0 Å². The second-order valence-electron chi connectivity index (χ2n) is 7.65. The van der Waals surface area contributed by atoms with Crippen molar-refractivity contribution in [2.75, 3.05) is 18.8 Å². The quantitative estimate of drug-likeness (QED) is 0.599. The molecule has 2 rings (SSSR count). The van der Waals surface area contributed by atoms with Crippen LogP contribution in [0.1, 0.15) is 52.1 Å². The van der Waals surface area contributed by atoms with Gasteiger partial charge in [-0.15, -0.1) is 10.2 Å². The van der Waals surface area contributed by atoms with E-state index < -0.39 is 17.7 Å². The molecule has 30 heavy (non-hydrogen) atoms. The normalized spacial score (nSPS) is 12.3. The summed E-state index contributed by atoms with van der Waals surface area (Å²) in [5, 5.41) is 11.2. The van der Waals surface area contributed by atoms with Crippen molar-refractivity contribution in [1.82, 2.24) is 20.4 Å². The minimum absolute atomic E-state index is 0.0115. The van der Waals surface area contributed by atoms with Gasteiger partial charge >= 0.3 is 6.09 Å². The van der Waals surface area contributed by atoms with Crippen LogP contribution in [0.15, 0.2) is 40.0 Å². The third kappa shape index (κ3) is 7.70. The molecule has 1 heterocycles. The van der Waals surface area contributed by atoms with E-state index in [1.807, 2.05) is 44.2 Å². The summed E-state index contributed by atoms with van der Waals surface area (Å²) in [6.07, 6.45) is -0.0994. The molecule has 0 aliphatic heterocycles. The number of thioether (sulfide) groups is 1. The van der Waals surface area contributed by atoms with Crippen LogP contribution in [0.25, 0.3) is 0 Å². The smallest absolute Gasteiger partial charge is 0.408 e. The average Bonchev–Trinajstić information content (AvgIpc) is 3.15. The van der Waals surface area contributed by atoms with Gasteiger partial charge in [0, 0.05) is 19.5 Å². The molecule has 1 N–H and O–H groups in total. The van der Waals surface area contributed by atoms with Crippen LogP contribution in [0.5, 0.6) is 0 Å². The highest BCUT2D eigenvalue weighted by atomic mass is 32.2. The Kier molecular flexibility index (Phi) is 8.71. The van der Waals surface area contributed by atoms with E-state index in [9.17, 15) is 9.59 Å². The minimum atomic E-state index is -0.623. The summed E-state index contributed by atoms with van der Waals surface area (Å²) in [7, 11) is 0. The molecule has 2 amide bonds. The lowest BCUT2D eigenvalue weighted by molar-refractivity contribution is -0.127. The lowest BCUT2D eigenvalue weighted by atomic mass is 10.1. The number of benzene rings is 1. The van der Waals surface area contributed by atoms with Crippen molar-refractivity contribution in [2.45, 2.75) is 57.9 Å². The molecular weight excluding hydrogens is 404 g/mol. The van der Waals surface area contributed by atoms with Gasteiger partial charge in [-0.3, -0.25) is 4.79 Å². The van der Waals surface area contributed by atoms with E-state index in [4.69, 9.17) is 9.15 Å². The molecule has 0 bridgehead atoms. The largest absolute Gasteiger partial charge is 0.444 e.